The molecule has 0 amide bonds. The van der Waals surface area contributed by atoms with Crippen molar-refractivity contribution in [1.29, 1.82) is 0 Å². The molecule has 1 N–H and O–H groups in total. The van der Waals surface area contributed by atoms with Gasteiger partial charge in [-0.05, 0) is 0 Å². The fraction of sp³-hybridized carbons (Fsp3) is 1.00. The molecule has 0 aromatic carbocycles. The molecule has 0 aromatic heterocycles. The molecular formula is C2H3Cl3NaO3P+. The molecule has 0 aliphatic carbocycles. The molecule has 0 fully saturated rings. The van der Waals surface area contributed by atoms with Crippen molar-refractivity contribution in [1.82, 2.24) is 0 Å². The van der Waals surface area contributed by atoms with Crippen molar-refractivity contribution >= 4 is 72.6 Å². The summed E-state index contributed by atoms with van der Waals surface area (Å²) in [4.78, 5) is 8.03. The summed E-state index contributed by atoms with van der Waals surface area (Å²) < 4.78 is 12.3. The van der Waals surface area contributed by atoms with Gasteiger partial charge < -0.3 is 0 Å². The van der Waals surface area contributed by atoms with Gasteiger partial charge in [0.2, 0.25) is 3.79 Å². The van der Waals surface area contributed by atoms with Gasteiger partial charge >= 0.3 is 8.25 Å². The van der Waals surface area contributed by atoms with Crippen LogP contribution in [0, 0.1) is 0 Å². The third kappa shape index (κ3) is 12.6. The number of hydrogen-bond acceptors (Lipinski definition) is 2. The van der Waals surface area contributed by atoms with Crippen LogP contribution < -0.4 is 0 Å². The van der Waals surface area contributed by atoms with Crippen LogP contribution in [0.5, 0.6) is 0 Å². The third-order valence-electron chi connectivity index (χ3n) is 0.339. The summed E-state index contributed by atoms with van der Waals surface area (Å²) in [5, 5.41) is 0. The molecule has 0 saturated heterocycles. The van der Waals surface area contributed by atoms with Gasteiger partial charge in [0, 0.05) is 34.1 Å². The van der Waals surface area contributed by atoms with Gasteiger partial charge in [0.15, 0.2) is 6.61 Å². The largest absolute Gasteiger partial charge is 0.694 e. The molecule has 55 valence electrons. The van der Waals surface area contributed by atoms with Crippen molar-refractivity contribution in [3.8, 4) is 0 Å². The van der Waals surface area contributed by atoms with Gasteiger partial charge in [-0.1, -0.05) is 34.8 Å². The van der Waals surface area contributed by atoms with Crippen LogP contribution in [-0.4, -0.2) is 44.9 Å². The van der Waals surface area contributed by atoms with Gasteiger partial charge in [0.25, 0.3) is 0 Å². The van der Waals surface area contributed by atoms with Crippen LogP contribution in [0.15, 0.2) is 0 Å². The predicted molar refractivity (Wildman–Crippen MR) is 41.8 cm³/mol. The van der Waals surface area contributed by atoms with Crippen molar-refractivity contribution < 1.29 is 14.0 Å². The van der Waals surface area contributed by atoms with Crippen molar-refractivity contribution in [3.05, 3.63) is 0 Å². The van der Waals surface area contributed by atoms with Crippen molar-refractivity contribution in [2.45, 2.75) is 3.79 Å². The molecule has 0 aliphatic heterocycles. The van der Waals surface area contributed by atoms with Crippen LogP contribution >= 0.6 is 43.1 Å². The SMILES string of the molecule is O=[P+](O)OCC(Cl)(Cl)Cl.[Na]. The number of rotatable bonds is 2. The summed E-state index contributed by atoms with van der Waals surface area (Å²) in [5.41, 5.74) is 0. The Morgan fingerprint density at radius 3 is 2.00 bits per heavy atom. The standard InChI is InChI=1S/C2H2Cl3O3P.Na/c3-2(4,5)1-8-9(6)7;/h1H2;/p+1. The maximum Gasteiger partial charge on any atom is 0.694 e. The summed E-state index contributed by atoms with van der Waals surface area (Å²) >= 11 is 15.4. The third-order valence-corrected chi connectivity index (χ3v) is 1.02. The van der Waals surface area contributed by atoms with Crippen LogP contribution in [0.1, 0.15) is 0 Å². The van der Waals surface area contributed by atoms with Crippen molar-refractivity contribution in [2.24, 2.45) is 0 Å². The molecule has 1 radical (unpaired) electrons. The Kier molecular flexibility index (Phi) is 9.24. The van der Waals surface area contributed by atoms with Crippen LogP contribution in [0.4, 0.5) is 0 Å². The Morgan fingerprint density at radius 1 is 1.50 bits per heavy atom. The maximum absolute atomic E-state index is 9.80. The molecule has 8 heteroatoms. The summed E-state index contributed by atoms with van der Waals surface area (Å²) in [6, 6.07) is 0. The second-order valence-electron chi connectivity index (χ2n) is 1.13. The summed E-state index contributed by atoms with van der Waals surface area (Å²) in [7, 11) is -2.67. The van der Waals surface area contributed by atoms with Gasteiger partial charge in [-0.3, -0.25) is 0 Å². The van der Waals surface area contributed by atoms with Crippen LogP contribution in [0.3, 0.4) is 0 Å². The molecule has 0 aliphatic rings. The fourth-order valence-electron chi connectivity index (χ4n) is 0.128. The van der Waals surface area contributed by atoms with Crippen molar-refractivity contribution in [3.63, 3.8) is 0 Å². The van der Waals surface area contributed by atoms with Crippen molar-refractivity contribution in [2.75, 3.05) is 6.61 Å². The molecule has 10 heavy (non-hydrogen) atoms. The van der Waals surface area contributed by atoms with E-state index in [4.69, 9.17) is 39.7 Å². The molecule has 3 nitrogen and oxygen atoms in total. The van der Waals surface area contributed by atoms with E-state index in [1.807, 2.05) is 0 Å². The molecule has 0 bridgehead atoms. The van der Waals surface area contributed by atoms with E-state index in [1.165, 1.54) is 0 Å². The number of hydrogen-bond donors (Lipinski definition) is 1. The molecule has 1 atom stereocenters. The van der Waals surface area contributed by atoms with Crippen LogP contribution in [0.25, 0.3) is 0 Å². The first kappa shape index (κ1) is 14.4. The predicted octanol–water partition coefficient (Wildman–Crippen LogP) is 1.64. The summed E-state index contributed by atoms with van der Waals surface area (Å²) in [5.74, 6) is 0. The van der Waals surface area contributed by atoms with E-state index in [1.54, 1.807) is 0 Å². The van der Waals surface area contributed by atoms with E-state index < -0.39 is 12.0 Å². The monoisotopic (exact) mass is 234 g/mol. The number of alkyl halides is 3. The molecule has 0 rings (SSSR count). The Labute approximate surface area is 96.2 Å². The molecule has 0 heterocycles. The number of halogens is 3. The topological polar surface area (TPSA) is 46.5 Å². The van der Waals surface area contributed by atoms with Crippen LogP contribution in [-0.2, 0) is 9.09 Å². The molecule has 0 saturated carbocycles. The van der Waals surface area contributed by atoms with E-state index in [2.05, 4.69) is 4.52 Å². The Bertz CT molecular complexity index is 115. The van der Waals surface area contributed by atoms with Crippen LogP contribution in [0.2, 0.25) is 0 Å². The zero-order valence-corrected chi connectivity index (χ0v) is 10.2. The van der Waals surface area contributed by atoms with Gasteiger partial charge in [-0.25, -0.2) is 0 Å². The second kappa shape index (κ2) is 6.41. The first-order valence-electron chi connectivity index (χ1n) is 1.77. The smallest absolute Gasteiger partial charge is 0.133 e. The molecular weight excluding hydrogens is 232 g/mol. The second-order valence-corrected chi connectivity index (χ2v) is 4.38. The quantitative estimate of drug-likeness (QED) is 0.450. The average molecular weight is 235 g/mol. The zero-order valence-electron chi connectivity index (χ0n) is 5.05. The molecule has 1 unspecified atom stereocenters. The Morgan fingerprint density at radius 2 is 1.90 bits per heavy atom. The van der Waals surface area contributed by atoms with E-state index in [0.29, 0.717) is 0 Å². The average Bonchev–Trinajstić information content (AvgIpc) is 1.59. The minimum Gasteiger partial charge on any atom is -0.133 e. The van der Waals surface area contributed by atoms with Gasteiger partial charge in [-0.2, -0.15) is 0 Å². The van der Waals surface area contributed by atoms with E-state index >= 15 is 0 Å². The first-order valence-corrected chi connectivity index (χ1v) is 4.04. The Balaban J connectivity index is 0. The van der Waals surface area contributed by atoms with E-state index in [0.717, 1.165) is 0 Å². The fourth-order valence-corrected chi connectivity index (χ4v) is 0.824. The Hall–Kier alpha value is 1.89. The summed E-state index contributed by atoms with van der Waals surface area (Å²) in [6.07, 6.45) is 0. The zero-order chi connectivity index (χ0) is 7.49. The maximum atomic E-state index is 9.80. The summed E-state index contributed by atoms with van der Waals surface area (Å²) in [6.45, 7) is -0.386. The minimum atomic E-state index is -2.67. The van der Waals surface area contributed by atoms with Gasteiger partial charge in [0.1, 0.15) is 0 Å². The van der Waals surface area contributed by atoms with E-state index in [9.17, 15) is 4.57 Å². The normalized spacial score (nSPS) is 12.2. The van der Waals surface area contributed by atoms with Gasteiger partial charge in [0.05, 0.1) is 0 Å². The van der Waals surface area contributed by atoms with E-state index in [-0.39, 0.29) is 36.2 Å². The molecule has 0 aromatic rings. The van der Waals surface area contributed by atoms with Gasteiger partial charge in [-0.15, -0.1) is 9.42 Å². The minimum absolute atomic E-state index is 0. The first-order chi connectivity index (χ1) is 3.92. The molecule has 0 spiro atoms.